The number of fused-ring (bicyclic) bond motifs is 1. The van der Waals surface area contributed by atoms with Crippen LogP contribution in [0.25, 0.3) is 79.4 Å². The van der Waals surface area contributed by atoms with Gasteiger partial charge in [0.1, 0.15) is 0 Å². The van der Waals surface area contributed by atoms with Crippen molar-refractivity contribution in [3.63, 3.8) is 0 Å². The van der Waals surface area contributed by atoms with E-state index in [-0.39, 0.29) is 0 Å². The fraction of sp³-hybridized carbons (Fsp3) is 0.0909. The maximum Gasteiger partial charge on any atom is 0.248 e. The minimum Gasteiger partial charge on any atom is -0.416 e. The fourth-order valence-electron chi connectivity index (χ4n) is 10.4. The zero-order valence-corrected chi connectivity index (χ0v) is 43.0. The average molecular weight is 989 g/mol. The molecule has 12 aromatic rings. The quantitative estimate of drug-likeness (QED) is 0.117. The van der Waals surface area contributed by atoms with Gasteiger partial charge in [0.2, 0.25) is 23.6 Å². The summed E-state index contributed by atoms with van der Waals surface area (Å²) in [5.41, 5.74) is 21.9. The zero-order chi connectivity index (χ0) is 51.9. The Morgan fingerprint density at radius 2 is 0.553 bits per heavy atom. The van der Waals surface area contributed by atoms with Gasteiger partial charge in [0.05, 0.1) is 33.8 Å². The Morgan fingerprint density at radius 1 is 0.289 bits per heavy atom. The highest BCUT2D eigenvalue weighted by molar-refractivity contribution is 5.89. The lowest BCUT2D eigenvalue weighted by molar-refractivity contribution is 0.584. The Kier molecular flexibility index (Phi) is 12.4. The number of benzene rings is 9. The minimum absolute atomic E-state index is 0.463. The molecule has 0 amide bonds. The van der Waals surface area contributed by atoms with Crippen LogP contribution in [0.1, 0.15) is 33.4 Å². The number of rotatable bonds is 12. The number of nitrogens with zero attached hydrogens (tertiary/aromatic N) is 8. The van der Waals surface area contributed by atoms with Crippen molar-refractivity contribution < 1.29 is 8.83 Å². The van der Waals surface area contributed by atoms with E-state index in [1.54, 1.807) is 0 Å². The summed E-state index contributed by atoms with van der Waals surface area (Å²) in [6, 6.07) is 70.6. The van der Waals surface area contributed by atoms with E-state index in [0.29, 0.717) is 23.6 Å². The van der Waals surface area contributed by atoms with Crippen molar-refractivity contribution in [3.05, 3.63) is 240 Å². The molecule has 3 aromatic heterocycles. The molecule has 3 heterocycles. The van der Waals surface area contributed by atoms with Gasteiger partial charge in [-0.25, -0.2) is 9.97 Å². The van der Waals surface area contributed by atoms with Crippen LogP contribution in [0.15, 0.2) is 215 Å². The number of anilines is 6. The molecule has 0 fully saturated rings. The number of aryl methyl sites for hydroxylation is 6. The van der Waals surface area contributed by atoms with E-state index in [1.807, 2.05) is 109 Å². The predicted octanol–water partition coefficient (Wildman–Crippen LogP) is 17.2. The van der Waals surface area contributed by atoms with E-state index in [0.717, 1.165) is 89.9 Å². The summed E-state index contributed by atoms with van der Waals surface area (Å²) in [6.45, 7) is 13.0. The van der Waals surface area contributed by atoms with Gasteiger partial charge in [-0.1, -0.05) is 108 Å². The van der Waals surface area contributed by atoms with Crippen LogP contribution in [-0.4, -0.2) is 30.4 Å². The second kappa shape index (κ2) is 19.9. The molecule has 0 atom stereocenters. The van der Waals surface area contributed by atoms with Crippen LogP contribution in [0.3, 0.4) is 0 Å². The monoisotopic (exact) mass is 988 g/mol. The van der Waals surface area contributed by atoms with Crippen molar-refractivity contribution in [1.82, 2.24) is 30.4 Å². The molecular weight excluding hydrogens is 937 g/mol. The van der Waals surface area contributed by atoms with Gasteiger partial charge >= 0.3 is 0 Å². The molecule has 0 radical (unpaired) electrons. The largest absolute Gasteiger partial charge is 0.416 e. The Labute approximate surface area is 441 Å². The van der Waals surface area contributed by atoms with E-state index in [2.05, 4.69) is 169 Å². The van der Waals surface area contributed by atoms with Gasteiger partial charge in [-0.15, -0.1) is 20.4 Å². The third kappa shape index (κ3) is 9.17. The molecule has 10 heteroatoms. The van der Waals surface area contributed by atoms with E-state index in [4.69, 9.17) is 18.8 Å². The smallest absolute Gasteiger partial charge is 0.248 e. The maximum atomic E-state index is 6.14. The second-order valence-electron chi connectivity index (χ2n) is 19.3. The lowest BCUT2D eigenvalue weighted by Crippen LogP contribution is -2.13. The molecule has 0 saturated heterocycles. The van der Waals surface area contributed by atoms with Crippen molar-refractivity contribution in [2.24, 2.45) is 0 Å². The molecule has 0 aliphatic rings. The summed E-state index contributed by atoms with van der Waals surface area (Å²) in [6.07, 6.45) is 0. The summed E-state index contributed by atoms with van der Waals surface area (Å²) in [7, 11) is 0. The molecular formula is C66H52N8O2. The second-order valence-corrected chi connectivity index (χ2v) is 19.3. The highest BCUT2D eigenvalue weighted by Crippen LogP contribution is 2.44. The van der Waals surface area contributed by atoms with E-state index < -0.39 is 0 Å². The summed E-state index contributed by atoms with van der Waals surface area (Å²) >= 11 is 0. The van der Waals surface area contributed by atoms with Crippen molar-refractivity contribution in [2.75, 3.05) is 9.80 Å². The minimum atomic E-state index is 0.463. The molecule has 0 N–H and O–H groups in total. The standard InChI is InChI=1S/C66H52N8O2/c1-41-37-43(3)61(44(4)38-41)73(55-33-25-51(26-34-55)65-71-69-63(75-65)49-15-9-7-10-16-49)53-29-21-47(22-30-53)59-60(68-58-20-14-13-19-57(58)67-59)48-23-31-54(32-24-48)74(62-45(5)39-42(2)40-46(62)6)56-35-27-52(28-36-56)66-72-70-64(76-66)50-17-11-8-12-18-50/h7-40H,1-6H3. The fourth-order valence-corrected chi connectivity index (χ4v) is 10.4. The topological polar surface area (TPSA) is 110 Å². The molecule has 0 spiro atoms. The van der Waals surface area contributed by atoms with Crippen LogP contribution >= 0.6 is 0 Å². The third-order valence-corrected chi connectivity index (χ3v) is 13.7. The molecule has 76 heavy (non-hydrogen) atoms. The molecule has 12 rings (SSSR count). The van der Waals surface area contributed by atoms with Crippen LogP contribution in [0.2, 0.25) is 0 Å². The molecule has 0 aliphatic heterocycles. The highest BCUT2D eigenvalue weighted by atomic mass is 16.4. The van der Waals surface area contributed by atoms with Gasteiger partial charge in [0.25, 0.3) is 0 Å². The molecule has 0 unspecified atom stereocenters. The first kappa shape index (κ1) is 47.2. The van der Waals surface area contributed by atoms with Gasteiger partial charge in [-0.3, -0.25) is 0 Å². The molecule has 10 nitrogen and oxygen atoms in total. The molecule has 0 saturated carbocycles. The highest BCUT2D eigenvalue weighted by Gasteiger charge is 2.23. The summed E-state index contributed by atoms with van der Waals surface area (Å²) in [4.78, 5) is 15.3. The number of hydrogen-bond donors (Lipinski definition) is 0. The summed E-state index contributed by atoms with van der Waals surface area (Å²) in [5.74, 6) is 1.89. The Hall–Kier alpha value is -9.80. The maximum absolute atomic E-state index is 6.14. The van der Waals surface area contributed by atoms with Gasteiger partial charge in [0, 0.05) is 56.1 Å². The van der Waals surface area contributed by atoms with Gasteiger partial charge in [-0.2, -0.15) is 0 Å². The third-order valence-electron chi connectivity index (χ3n) is 13.7. The van der Waals surface area contributed by atoms with E-state index in [9.17, 15) is 0 Å². The van der Waals surface area contributed by atoms with Crippen LogP contribution in [0, 0.1) is 41.5 Å². The van der Waals surface area contributed by atoms with Crippen LogP contribution in [0.5, 0.6) is 0 Å². The molecule has 368 valence electrons. The molecule has 0 aliphatic carbocycles. The lowest BCUT2D eigenvalue weighted by atomic mass is 10.00. The number of aromatic nitrogens is 6. The summed E-state index contributed by atoms with van der Waals surface area (Å²) < 4.78 is 12.3. The number of para-hydroxylation sites is 2. The van der Waals surface area contributed by atoms with Crippen molar-refractivity contribution in [2.45, 2.75) is 41.5 Å². The van der Waals surface area contributed by atoms with Crippen LogP contribution in [0.4, 0.5) is 34.1 Å². The zero-order valence-electron chi connectivity index (χ0n) is 43.0. The predicted molar refractivity (Wildman–Crippen MR) is 306 cm³/mol. The van der Waals surface area contributed by atoms with E-state index >= 15 is 0 Å². The first-order valence-corrected chi connectivity index (χ1v) is 25.3. The lowest BCUT2D eigenvalue weighted by Gasteiger charge is -2.29. The average Bonchev–Trinajstić information content (AvgIpc) is 4.17. The van der Waals surface area contributed by atoms with Crippen LogP contribution in [-0.2, 0) is 0 Å². The Balaban J connectivity index is 0.897. The van der Waals surface area contributed by atoms with Crippen LogP contribution < -0.4 is 9.80 Å². The molecule has 0 bridgehead atoms. The van der Waals surface area contributed by atoms with Gasteiger partial charge in [-0.05, 0) is 173 Å². The summed E-state index contributed by atoms with van der Waals surface area (Å²) in [5, 5.41) is 17.5. The van der Waals surface area contributed by atoms with E-state index in [1.165, 1.54) is 33.4 Å². The molecule has 9 aromatic carbocycles. The Bertz CT molecular complexity index is 3730. The number of hydrogen-bond acceptors (Lipinski definition) is 10. The normalized spacial score (nSPS) is 11.3. The van der Waals surface area contributed by atoms with Crippen molar-refractivity contribution in [3.8, 4) is 68.3 Å². The first-order valence-electron chi connectivity index (χ1n) is 25.3. The van der Waals surface area contributed by atoms with Crippen molar-refractivity contribution in [1.29, 1.82) is 0 Å². The first-order chi connectivity index (χ1) is 37.1. The SMILES string of the molecule is Cc1cc(C)c(N(c2ccc(-c3nnc(-c4ccccc4)o3)cc2)c2ccc(-c3nc4ccccc4nc3-c3ccc(N(c4ccc(-c5nnc(-c6ccccc6)o5)cc4)c4c(C)cc(C)cc4C)cc3)cc2)c(C)c1. The van der Waals surface area contributed by atoms with Crippen molar-refractivity contribution >= 4 is 45.2 Å². The van der Waals surface area contributed by atoms with Gasteiger partial charge < -0.3 is 18.6 Å². The Morgan fingerprint density at radius 3 is 0.855 bits per heavy atom. The van der Waals surface area contributed by atoms with Gasteiger partial charge in [0.15, 0.2) is 0 Å².